The number of phenols is 1. The van der Waals surface area contributed by atoms with Gasteiger partial charge in [-0.3, -0.25) is 12.6 Å². The van der Waals surface area contributed by atoms with E-state index in [4.69, 9.17) is 8.43 Å². The molecule has 60 heavy (non-hydrogen) atoms. The Morgan fingerprint density at radius 3 is 0.983 bits per heavy atom. The molecule has 0 aliphatic carbocycles. The molecule has 0 spiro atoms. The van der Waals surface area contributed by atoms with Gasteiger partial charge in [-0.1, -0.05) is 269 Å². The van der Waals surface area contributed by atoms with E-state index in [2.05, 4.69) is 39.8 Å². The predicted octanol–water partition coefficient (Wildman–Crippen LogP) is 16.7. The second-order valence-corrected chi connectivity index (χ2v) is 17.3. The number of aliphatic hydroxyl groups is 1. The van der Waals surface area contributed by atoms with Crippen molar-refractivity contribution >= 4 is 12.6 Å². The Hall–Kier alpha value is -1.95. The molecule has 6 heteroatoms. The third-order valence-corrected chi connectivity index (χ3v) is 10.8. The van der Waals surface area contributed by atoms with Crippen LogP contribution in [-0.4, -0.2) is 28.9 Å². The minimum atomic E-state index is -0.174. The Bertz CT molecular complexity index is 1080. The zero-order valence-corrected chi connectivity index (χ0v) is 41.6. The van der Waals surface area contributed by atoms with Crippen LogP contribution >= 0.6 is 0 Å². The number of hydrogen-bond acceptors (Lipinski definition) is 5. The summed E-state index contributed by atoms with van der Waals surface area (Å²) in [5.74, 6) is 0.358. The summed E-state index contributed by atoms with van der Waals surface area (Å²) in [7, 11) is 0. The zero-order chi connectivity index (χ0) is 45.2. The molecular weight excluding hydrogens is 776 g/mol. The average Bonchev–Trinajstić information content (AvgIpc) is 3.25. The van der Waals surface area contributed by atoms with E-state index < -0.39 is 0 Å². The van der Waals surface area contributed by atoms with E-state index in [1.807, 2.05) is 49.0 Å². The van der Waals surface area contributed by atoms with Crippen molar-refractivity contribution in [3.05, 3.63) is 65.7 Å². The molecule has 0 amide bonds. The van der Waals surface area contributed by atoms with Gasteiger partial charge < -0.3 is 19.8 Å². The van der Waals surface area contributed by atoms with Crippen molar-refractivity contribution < 1.29 is 43.5 Å². The monoisotopic (exact) mass is 871 g/mol. The van der Waals surface area contributed by atoms with E-state index in [0.717, 1.165) is 38.8 Å². The SMILES string of the molecule is CC(C)(c1ccccc1)c1ccccc1O.CC(C)O.CCCCCCCCCCCCCCCCC[C-]=O.CCCCCCCCCCCCCCCCC[C-]=O.[O]=[Ti+2]. The van der Waals surface area contributed by atoms with Crippen LogP contribution in [0.5, 0.6) is 5.75 Å². The van der Waals surface area contributed by atoms with Crippen molar-refractivity contribution in [1.29, 1.82) is 0 Å². The van der Waals surface area contributed by atoms with Gasteiger partial charge in [-0.15, -0.1) is 0 Å². The Labute approximate surface area is 384 Å². The second-order valence-electron chi connectivity index (χ2n) is 17.3. The summed E-state index contributed by atoms with van der Waals surface area (Å²) in [6, 6.07) is 17.7. The molecule has 2 rings (SSSR count). The molecule has 2 N–H and O–H groups in total. The topological polar surface area (TPSA) is 91.7 Å². The molecule has 0 saturated heterocycles. The quantitative estimate of drug-likeness (QED) is 0.0415. The third-order valence-electron chi connectivity index (χ3n) is 10.8. The molecule has 5 nitrogen and oxygen atoms in total. The zero-order valence-electron chi connectivity index (χ0n) is 40.0. The van der Waals surface area contributed by atoms with Crippen LogP contribution in [0.2, 0.25) is 0 Å². The van der Waals surface area contributed by atoms with Crippen LogP contribution in [0.25, 0.3) is 0 Å². The number of aliphatic hydroxyl groups excluding tert-OH is 1. The Morgan fingerprint density at radius 2 is 0.717 bits per heavy atom. The predicted molar refractivity (Wildman–Crippen MR) is 255 cm³/mol. The van der Waals surface area contributed by atoms with Gasteiger partial charge in [0.25, 0.3) is 0 Å². The van der Waals surface area contributed by atoms with Crippen molar-refractivity contribution in [3.63, 3.8) is 0 Å². The summed E-state index contributed by atoms with van der Waals surface area (Å²) >= 11 is 0.750. The number of aromatic hydroxyl groups is 1. The summed E-state index contributed by atoms with van der Waals surface area (Å²) in [6.45, 7) is 12.2. The van der Waals surface area contributed by atoms with Gasteiger partial charge in [-0.05, 0) is 25.5 Å². The van der Waals surface area contributed by atoms with E-state index in [-0.39, 0.29) is 11.5 Å². The molecule has 2 aromatic carbocycles. The summed E-state index contributed by atoms with van der Waals surface area (Å²) in [5.41, 5.74) is 1.99. The molecule has 0 aromatic heterocycles. The van der Waals surface area contributed by atoms with Crippen LogP contribution in [0.4, 0.5) is 0 Å². The van der Waals surface area contributed by atoms with Crippen molar-refractivity contribution in [2.24, 2.45) is 0 Å². The normalized spacial score (nSPS) is 10.6. The first-order chi connectivity index (χ1) is 29.2. The fourth-order valence-electron chi connectivity index (χ4n) is 7.15. The number of benzene rings is 2. The standard InChI is InChI=1S/2C18H35O.C15H16O.C3H8O.O.Ti/c2*1-2-3-4-5-6-7-8-9-10-11-12-13-14-15-16-17-18-19;1-15(2,12-8-4-3-5-9-12)13-10-6-7-11-14(13)16;1-3(2)4;;/h2*2-17H2,1H3;3-11,16H,1-2H3;3-4H,1-2H3;;/q2*-1;;;;+2. The van der Waals surface area contributed by atoms with Crippen molar-refractivity contribution in [2.75, 3.05) is 0 Å². The van der Waals surface area contributed by atoms with Crippen molar-refractivity contribution in [1.82, 2.24) is 0 Å². The molecular formula is C54H94O5Ti. The van der Waals surface area contributed by atoms with Gasteiger partial charge in [0, 0.05) is 17.1 Å². The average molecular weight is 871 g/mol. The van der Waals surface area contributed by atoms with Crippen LogP contribution in [0.3, 0.4) is 0 Å². The first kappa shape index (κ1) is 62.3. The molecule has 2 aromatic rings. The molecule has 0 aliphatic rings. The molecule has 344 valence electrons. The Balaban J connectivity index is -0.000000761. The van der Waals surface area contributed by atoms with E-state index >= 15 is 0 Å². The summed E-state index contributed by atoms with van der Waals surface area (Å²) in [5, 5.41) is 18.0. The van der Waals surface area contributed by atoms with Gasteiger partial charge in [0.05, 0.1) is 0 Å². The fourth-order valence-corrected chi connectivity index (χ4v) is 7.15. The van der Waals surface area contributed by atoms with E-state index in [9.17, 15) is 14.7 Å². The van der Waals surface area contributed by atoms with Crippen LogP contribution in [0.1, 0.15) is 258 Å². The van der Waals surface area contributed by atoms with Gasteiger partial charge in [0.15, 0.2) is 0 Å². The number of carbonyl (C=O) groups excluding carboxylic acids is 2. The van der Waals surface area contributed by atoms with Gasteiger partial charge in [0.2, 0.25) is 0 Å². The van der Waals surface area contributed by atoms with Crippen molar-refractivity contribution in [2.45, 2.75) is 259 Å². The molecule has 0 heterocycles. The van der Waals surface area contributed by atoms with Gasteiger partial charge in [-0.2, -0.15) is 12.8 Å². The molecule has 0 bridgehead atoms. The minimum absolute atomic E-state index is 0.167. The number of phenolic OH excluding ortho intramolecular Hbond substituents is 1. The van der Waals surface area contributed by atoms with Gasteiger partial charge in [0.1, 0.15) is 5.75 Å². The number of rotatable bonds is 34. The molecule has 0 atom stereocenters. The second kappa shape index (κ2) is 51.4. The Kier molecular flexibility index (Phi) is 53.4. The maximum atomic E-state index is 10.0. The van der Waals surface area contributed by atoms with Crippen LogP contribution < -0.4 is 0 Å². The molecule has 0 aliphatic heterocycles. The van der Waals surface area contributed by atoms with E-state index in [1.165, 1.54) is 185 Å². The Morgan fingerprint density at radius 1 is 0.467 bits per heavy atom. The van der Waals surface area contributed by atoms with Gasteiger partial charge >= 0.3 is 23.7 Å². The van der Waals surface area contributed by atoms with Gasteiger partial charge in [-0.25, -0.2) is 0 Å². The van der Waals surface area contributed by atoms with E-state index in [0.29, 0.717) is 18.6 Å². The summed E-state index contributed by atoms with van der Waals surface area (Å²) < 4.78 is 8.25. The van der Waals surface area contributed by atoms with Crippen LogP contribution in [0.15, 0.2) is 54.6 Å². The first-order valence-electron chi connectivity index (χ1n) is 24.6. The molecule has 0 fully saturated rings. The van der Waals surface area contributed by atoms with Crippen LogP contribution in [0, 0.1) is 0 Å². The number of hydrogen-bond donors (Lipinski definition) is 2. The first-order valence-corrected chi connectivity index (χ1v) is 25.2. The van der Waals surface area contributed by atoms with Crippen LogP contribution in [-0.2, 0) is 38.7 Å². The number of para-hydroxylation sites is 1. The maximum absolute atomic E-state index is 10.0. The third kappa shape index (κ3) is 45.6. The summed E-state index contributed by atoms with van der Waals surface area (Å²) in [4.78, 5) is 20.0. The van der Waals surface area contributed by atoms with Crippen molar-refractivity contribution in [3.8, 4) is 5.75 Å². The van der Waals surface area contributed by atoms with E-state index in [1.54, 1.807) is 19.9 Å². The number of unbranched alkanes of at least 4 members (excludes halogenated alkanes) is 30. The molecule has 0 saturated carbocycles. The molecule has 0 unspecified atom stereocenters. The summed E-state index contributed by atoms with van der Waals surface area (Å²) in [6.07, 6.45) is 46.2. The fraction of sp³-hybridized carbons (Fsp3) is 0.741. The molecule has 0 radical (unpaired) electrons.